The summed E-state index contributed by atoms with van der Waals surface area (Å²) < 4.78 is 12.4. The van der Waals surface area contributed by atoms with Crippen LogP contribution in [0.2, 0.25) is 0 Å². The number of aromatic nitrogens is 2. The third kappa shape index (κ3) is 4.39. The summed E-state index contributed by atoms with van der Waals surface area (Å²) in [4.78, 5) is 28.8. The third-order valence-electron chi connectivity index (χ3n) is 4.84. The summed E-state index contributed by atoms with van der Waals surface area (Å²) in [6.07, 6.45) is 3.91. The Morgan fingerprint density at radius 1 is 1.06 bits per heavy atom. The molecule has 0 spiro atoms. The molecular weight excluding hydrogens is 410 g/mol. The topological polar surface area (TPSA) is 102 Å². The Kier molecular flexibility index (Phi) is 5.76. The van der Waals surface area contributed by atoms with E-state index in [1.807, 2.05) is 35.9 Å². The number of benzene rings is 2. The maximum atomic E-state index is 12.5. The summed E-state index contributed by atoms with van der Waals surface area (Å²) >= 11 is 0. The summed E-state index contributed by atoms with van der Waals surface area (Å²) in [7, 11) is 1.21. The summed E-state index contributed by atoms with van der Waals surface area (Å²) in [5, 5.41) is 12.8. The first-order valence-corrected chi connectivity index (χ1v) is 9.83. The zero-order valence-electron chi connectivity index (χ0n) is 17.5. The molecule has 2 aromatic heterocycles. The van der Waals surface area contributed by atoms with Crippen LogP contribution in [0.4, 0.5) is 5.69 Å². The molecule has 2 heterocycles. The number of aromatic hydroxyl groups is 1. The van der Waals surface area contributed by atoms with Gasteiger partial charge in [-0.3, -0.25) is 4.79 Å². The van der Waals surface area contributed by atoms with Gasteiger partial charge < -0.3 is 24.3 Å². The van der Waals surface area contributed by atoms with Crippen molar-refractivity contribution in [3.63, 3.8) is 0 Å². The molecule has 0 radical (unpaired) electrons. The molecule has 0 fully saturated rings. The first-order chi connectivity index (χ1) is 15.4. The largest absolute Gasteiger partial charge is 0.505 e. The van der Waals surface area contributed by atoms with Gasteiger partial charge >= 0.3 is 5.97 Å². The molecule has 0 unspecified atom stereocenters. The second-order valence-electron chi connectivity index (χ2n) is 7.16. The van der Waals surface area contributed by atoms with Crippen LogP contribution in [0.15, 0.2) is 67.0 Å². The SMILES string of the molecule is COC(=O)c1cccc(NC(=O)c2ccc(OCc3cn4cc(C)ccc4n3)cc2)c1O. The second-order valence-corrected chi connectivity index (χ2v) is 7.16. The average molecular weight is 431 g/mol. The van der Waals surface area contributed by atoms with Gasteiger partial charge in [-0.1, -0.05) is 12.1 Å². The van der Waals surface area contributed by atoms with E-state index in [9.17, 15) is 14.7 Å². The fourth-order valence-corrected chi connectivity index (χ4v) is 3.20. The van der Waals surface area contributed by atoms with Crippen molar-refractivity contribution in [2.75, 3.05) is 12.4 Å². The van der Waals surface area contributed by atoms with Crippen molar-refractivity contribution in [2.24, 2.45) is 0 Å². The molecule has 0 atom stereocenters. The van der Waals surface area contributed by atoms with Gasteiger partial charge in [-0.15, -0.1) is 0 Å². The molecule has 0 aliphatic rings. The van der Waals surface area contributed by atoms with Gasteiger partial charge in [0, 0.05) is 18.0 Å². The number of anilines is 1. The molecule has 0 bridgehead atoms. The quantitative estimate of drug-likeness (QED) is 0.354. The highest BCUT2D eigenvalue weighted by Crippen LogP contribution is 2.28. The van der Waals surface area contributed by atoms with Gasteiger partial charge in [0.05, 0.1) is 18.5 Å². The van der Waals surface area contributed by atoms with E-state index in [-0.39, 0.29) is 17.0 Å². The number of methoxy groups -OCH3 is 1. The van der Waals surface area contributed by atoms with Crippen molar-refractivity contribution < 1.29 is 24.2 Å². The van der Waals surface area contributed by atoms with Crippen LogP contribution in [0.5, 0.6) is 11.5 Å². The fraction of sp³-hybridized carbons (Fsp3) is 0.125. The van der Waals surface area contributed by atoms with Gasteiger partial charge in [0.2, 0.25) is 0 Å². The number of nitrogens with one attached hydrogen (secondary N) is 1. The molecule has 0 saturated heterocycles. The highest BCUT2D eigenvalue weighted by atomic mass is 16.5. The number of pyridine rings is 1. The monoisotopic (exact) mass is 431 g/mol. The molecule has 32 heavy (non-hydrogen) atoms. The standard InChI is InChI=1S/C24H21N3O5/c1-15-6-11-21-25-17(13-27(21)12-15)14-32-18-9-7-16(8-10-18)23(29)26-20-5-3-4-19(22(20)28)24(30)31-2/h3-13,28H,14H2,1-2H3,(H,26,29). The Morgan fingerprint density at radius 3 is 2.59 bits per heavy atom. The number of aryl methyl sites for hydroxylation is 1. The number of esters is 1. The molecule has 4 aromatic rings. The number of para-hydroxylation sites is 1. The van der Waals surface area contributed by atoms with Gasteiger partial charge in [-0.25, -0.2) is 9.78 Å². The summed E-state index contributed by atoms with van der Waals surface area (Å²) in [6.45, 7) is 2.31. The zero-order chi connectivity index (χ0) is 22.7. The van der Waals surface area contributed by atoms with E-state index in [0.29, 0.717) is 17.9 Å². The molecule has 0 saturated carbocycles. The Bertz CT molecular complexity index is 1290. The van der Waals surface area contributed by atoms with Crippen LogP contribution in [-0.4, -0.2) is 33.5 Å². The Hall–Kier alpha value is -4.33. The van der Waals surface area contributed by atoms with Gasteiger partial charge in [0.1, 0.15) is 23.6 Å². The normalized spacial score (nSPS) is 10.7. The molecule has 0 aliphatic carbocycles. The lowest BCUT2D eigenvalue weighted by Crippen LogP contribution is -2.13. The molecule has 0 aliphatic heterocycles. The summed E-state index contributed by atoms with van der Waals surface area (Å²) in [6, 6.07) is 15.0. The number of hydrogen-bond donors (Lipinski definition) is 2. The minimum atomic E-state index is -0.694. The number of imidazole rings is 1. The van der Waals surface area contributed by atoms with Crippen LogP contribution in [0.1, 0.15) is 32.0 Å². The number of carbonyl (C=O) groups excluding carboxylic acids is 2. The van der Waals surface area contributed by atoms with Crippen molar-refractivity contribution in [1.29, 1.82) is 0 Å². The van der Waals surface area contributed by atoms with Gasteiger partial charge in [-0.05, 0) is 55.0 Å². The Labute approximate surface area is 184 Å². The van der Waals surface area contributed by atoms with Crippen molar-refractivity contribution >= 4 is 23.2 Å². The van der Waals surface area contributed by atoms with E-state index >= 15 is 0 Å². The molecule has 8 heteroatoms. The molecule has 4 rings (SSSR count). The number of ether oxygens (including phenoxy) is 2. The maximum absolute atomic E-state index is 12.5. The number of phenols is 1. The molecule has 2 N–H and O–H groups in total. The minimum absolute atomic E-state index is 0.0313. The Morgan fingerprint density at radius 2 is 1.84 bits per heavy atom. The average Bonchev–Trinajstić information content (AvgIpc) is 3.21. The first-order valence-electron chi connectivity index (χ1n) is 9.83. The fourth-order valence-electron chi connectivity index (χ4n) is 3.20. The zero-order valence-corrected chi connectivity index (χ0v) is 17.5. The van der Waals surface area contributed by atoms with Crippen LogP contribution >= 0.6 is 0 Å². The predicted molar refractivity (Wildman–Crippen MR) is 118 cm³/mol. The number of hydrogen-bond acceptors (Lipinski definition) is 6. The smallest absolute Gasteiger partial charge is 0.341 e. The third-order valence-corrected chi connectivity index (χ3v) is 4.84. The van der Waals surface area contributed by atoms with Crippen molar-refractivity contribution in [3.8, 4) is 11.5 Å². The summed E-state index contributed by atoms with van der Waals surface area (Å²) in [5.41, 5.74) is 3.22. The second kappa shape index (κ2) is 8.81. The number of rotatable bonds is 6. The van der Waals surface area contributed by atoms with E-state index in [1.54, 1.807) is 30.3 Å². The van der Waals surface area contributed by atoms with Gasteiger partial charge in [-0.2, -0.15) is 0 Å². The van der Waals surface area contributed by atoms with Crippen molar-refractivity contribution in [1.82, 2.24) is 9.38 Å². The highest BCUT2D eigenvalue weighted by molar-refractivity contribution is 6.06. The van der Waals surface area contributed by atoms with E-state index in [1.165, 1.54) is 19.2 Å². The number of carbonyl (C=O) groups is 2. The minimum Gasteiger partial charge on any atom is -0.505 e. The van der Waals surface area contributed by atoms with E-state index < -0.39 is 11.9 Å². The van der Waals surface area contributed by atoms with Crippen LogP contribution in [0.3, 0.4) is 0 Å². The maximum Gasteiger partial charge on any atom is 0.341 e. The lowest BCUT2D eigenvalue weighted by atomic mass is 10.1. The van der Waals surface area contributed by atoms with Gasteiger partial charge in [0.25, 0.3) is 5.91 Å². The van der Waals surface area contributed by atoms with Crippen LogP contribution in [-0.2, 0) is 11.3 Å². The molecule has 2 aromatic carbocycles. The Balaban J connectivity index is 1.41. The lowest BCUT2D eigenvalue weighted by Gasteiger charge is -2.10. The lowest BCUT2D eigenvalue weighted by molar-refractivity contribution is 0.0597. The van der Waals surface area contributed by atoms with E-state index in [4.69, 9.17) is 4.74 Å². The molecule has 8 nitrogen and oxygen atoms in total. The van der Waals surface area contributed by atoms with E-state index in [2.05, 4.69) is 15.0 Å². The molecule has 1 amide bonds. The summed E-state index contributed by atoms with van der Waals surface area (Å²) in [5.74, 6) is -0.897. The number of phenolic OH excluding ortho intramolecular Hbond substituents is 1. The number of nitrogens with zero attached hydrogens (tertiary/aromatic N) is 2. The van der Waals surface area contributed by atoms with Crippen molar-refractivity contribution in [3.05, 3.63) is 89.4 Å². The predicted octanol–water partition coefficient (Wildman–Crippen LogP) is 3.97. The van der Waals surface area contributed by atoms with E-state index in [0.717, 1.165) is 16.9 Å². The van der Waals surface area contributed by atoms with Crippen molar-refractivity contribution in [2.45, 2.75) is 13.5 Å². The molecular formula is C24H21N3O5. The number of fused-ring (bicyclic) bond motifs is 1. The van der Waals surface area contributed by atoms with Gasteiger partial charge in [0.15, 0.2) is 5.75 Å². The van der Waals surface area contributed by atoms with Crippen LogP contribution < -0.4 is 10.1 Å². The van der Waals surface area contributed by atoms with Crippen LogP contribution in [0, 0.1) is 6.92 Å². The van der Waals surface area contributed by atoms with Crippen LogP contribution in [0.25, 0.3) is 5.65 Å². The number of amides is 1. The first kappa shape index (κ1) is 20.9. The molecule has 162 valence electrons. The highest BCUT2D eigenvalue weighted by Gasteiger charge is 2.16.